The molecule has 2 fully saturated rings. The fourth-order valence-electron chi connectivity index (χ4n) is 4.46. The van der Waals surface area contributed by atoms with Crippen LogP contribution < -0.4 is 10.6 Å². The summed E-state index contributed by atoms with van der Waals surface area (Å²) < 4.78 is 13.2. The third-order valence-electron chi connectivity index (χ3n) is 6.45. The number of halogens is 1. The van der Waals surface area contributed by atoms with Gasteiger partial charge in [-0.05, 0) is 94.8 Å². The molecule has 1 saturated heterocycles. The van der Waals surface area contributed by atoms with E-state index >= 15 is 0 Å². The van der Waals surface area contributed by atoms with Crippen molar-refractivity contribution < 1.29 is 9.50 Å². The molecular weight excluding hydrogens is 381 g/mol. The van der Waals surface area contributed by atoms with Gasteiger partial charge in [0.2, 0.25) is 5.95 Å². The van der Waals surface area contributed by atoms with E-state index in [9.17, 15) is 9.50 Å². The molecule has 1 aromatic carbocycles. The number of rotatable bonds is 6. The average Bonchev–Trinajstić information content (AvgIpc) is 2.76. The third-order valence-corrected chi connectivity index (χ3v) is 6.45. The Hall–Kier alpha value is -2.25. The van der Waals surface area contributed by atoms with Crippen molar-refractivity contribution in [2.45, 2.75) is 50.5 Å². The highest BCUT2D eigenvalue weighted by Crippen LogP contribution is 2.33. The normalized spacial score (nSPS) is 23.3. The molecule has 0 spiro atoms. The summed E-state index contributed by atoms with van der Waals surface area (Å²) in [5, 5.41) is 16.5. The van der Waals surface area contributed by atoms with Gasteiger partial charge in [0.1, 0.15) is 11.6 Å². The Morgan fingerprint density at radius 2 is 1.77 bits per heavy atom. The highest BCUT2D eigenvalue weighted by molar-refractivity contribution is 5.56. The van der Waals surface area contributed by atoms with Crippen LogP contribution >= 0.6 is 0 Å². The summed E-state index contributed by atoms with van der Waals surface area (Å²) in [4.78, 5) is 11.7. The van der Waals surface area contributed by atoms with Crippen LogP contribution in [0.15, 0.2) is 30.5 Å². The summed E-state index contributed by atoms with van der Waals surface area (Å²) in [5.74, 6) is 2.16. The van der Waals surface area contributed by atoms with Gasteiger partial charge < -0.3 is 20.6 Å². The van der Waals surface area contributed by atoms with Crippen LogP contribution in [0.2, 0.25) is 0 Å². The van der Waals surface area contributed by atoms with E-state index in [0.717, 1.165) is 69.7 Å². The van der Waals surface area contributed by atoms with Crippen LogP contribution in [0, 0.1) is 11.7 Å². The molecule has 2 heterocycles. The molecule has 6 nitrogen and oxygen atoms in total. The Kier molecular flexibility index (Phi) is 6.79. The van der Waals surface area contributed by atoms with Gasteiger partial charge in [0, 0.05) is 24.0 Å². The minimum Gasteiger partial charge on any atom is -0.393 e. The molecule has 30 heavy (non-hydrogen) atoms. The lowest BCUT2D eigenvalue weighted by atomic mass is 9.87. The van der Waals surface area contributed by atoms with E-state index < -0.39 is 0 Å². The molecule has 0 amide bonds. The number of benzene rings is 1. The molecular formula is C23H32FN5O. The first-order valence-corrected chi connectivity index (χ1v) is 11.1. The van der Waals surface area contributed by atoms with E-state index in [2.05, 4.69) is 27.6 Å². The lowest BCUT2D eigenvalue weighted by Gasteiger charge is -2.30. The van der Waals surface area contributed by atoms with E-state index in [0.29, 0.717) is 17.8 Å². The van der Waals surface area contributed by atoms with Crippen LogP contribution in [-0.4, -0.2) is 52.8 Å². The lowest BCUT2D eigenvalue weighted by Crippen LogP contribution is -2.30. The maximum absolute atomic E-state index is 13.2. The van der Waals surface area contributed by atoms with Gasteiger partial charge in [-0.15, -0.1) is 0 Å². The van der Waals surface area contributed by atoms with Gasteiger partial charge >= 0.3 is 0 Å². The molecule has 0 atom stereocenters. The van der Waals surface area contributed by atoms with Crippen LogP contribution in [0.5, 0.6) is 0 Å². The number of aliphatic hydroxyl groups is 1. The van der Waals surface area contributed by atoms with Gasteiger partial charge in [-0.1, -0.05) is 0 Å². The number of piperidine rings is 1. The first-order valence-electron chi connectivity index (χ1n) is 11.1. The molecule has 0 unspecified atom stereocenters. The van der Waals surface area contributed by atoms with Crippen LogP contribution in [0.4, 0.5) is 21.8 Å². The molecule has 3 N–H and O–H groups in total. The summed E-state index contributed by atoms with van der Waals surface area (Å²) in [6.07, 6.45) is 7.88. The summed E-state index contributed by atoms with van der Waals surface area (Å²) in [6, 6.07) is 6.21. The number of nitrogens with one attached hydrogen (secondary N) is 2. The fourth-order valence-corrected chi connectivity index (χ4v) is 4.46. The Morgan fingerprint density at radius 1 is 1.07 bits per heavy atom. The minimum atomic E-state index is -0.265. The summed E-state index contributed by atoms with van der Waals surface area (Å²) in [7, 11) is 2.17. The molecule has 1 saturated carbocycles. The first kappa shape index (κ1) is 21.0. The van der Waals surface area contributed by atoms with Crippen molar-refractivity contribution in [3.8, 4) is 0 Å². The molecule has 1 aliphatic heterocycles. The van der Waals surface area contributed by atoms with Crippen molar-refractivity contribution in [1.82, 2.24) is 14.9 Å². The Morgan fingerprint density at radius 3 is 2.47 bits per heavy atom. The molecule has 0 radical (unpaired) electrons. The molecule has 7 heteroatoms. The van der Waals surface area contributed by atoms with E-state index in [-0.39, 0.29) is 11.9 Å². The van der Waals surface area contributed by atoms with Crippen LogP contribution in [0.1, 0.15) is 50.0 Å². The minimum absolute atomic E-state index is 0.137. The monoisotopic (exact) mass is 413 g/mol. The van der Waals surface area contributed by atoms with Crippen molar-refractivity contribution in [2.24, 2.45) is 5.92 Å². The smallest absolute Gasteiger partial charge is 0.229 e. The number of aliphatic hydroxyl groups excluding tert-OH is 1. The number of anilines is 3. The van der Waals surface area contributed by atoms with Crippen molar-refractivity contribution >= 4 is 17.5 Å². The van der Waals surface area contributed by atoms with E-state index in [1.807, 2.05) is 6.20 Å². The zero-order chi connectivity index (χ0) is 20.9. The number of likely N-dealkylation sites (tertiary alicyclic amines) is 1. The standard InChI is InChI=1S/C23H32FN5O/c1-29-12-10-17(11-13-29)21-15-26-23(27-19-6-4-18(24)5-7-19)28-22(21)25-14-16-2-8-20(30)9-3-16/h4-7,15-17,20,30H,2-3,8-14H2,1H3,(H2,25,26,27,28). The Balaban J connectivity index is 1.50. The Labute approximate surface area is 177 Å². The quantitative estimate of drug-likeness (QED) is 0.661. The Bertz CT molecular complexity index is 815. The maximum Gasteiger partial charge on any atom is 0.229 e. The van der Waals surface area contributed by atoms with Crippen molar-refractivity contribution in [3.05, 3.63) is 41.8 Å². The highest BCUT2D eigenvalue weighted by Gasteiger charge is 2.24. The highest BCUT2D eigenvalue weighted by atomic mass is 19.1. The van der Waals surface area contributed by atoms with Crippen molar-refractivity contribution in [2.75, 3.05) is 37.3 Å². The second kappa shape index (κ2) is 9.71. The van der Waals surface area contributed by atoms with Gasteiger partial charge in [-0.2, -0.15) is 4.98 Å². The molecule has 1 aliphatic carbocycles. The van der Waals surface area contributed by atoms with Crippen LogP contribution in [-0.2, 0) is 0 Å². The number of hydrogen-bond donors (Lipinski definition) is 3. The summed E-state index contributed by atoms with van der Waals surface area (Å²) in [6.45, 7) is 3.03. The van der Waals surface area contributed by atoms with Gasteiger partial charge in [0.05, 0.1) is 6.10 Å². The van der Waals surface area contributed by atoms with E-state index in [1.165, 1.54) is 17.7 Å². The summed E-state index contributed by atoms with van der Waals surface area (Å²) in [5.41, 5.74) is 1.94. The number of hydrogen-bond acceptors (Lipinski definition) is 6. The van der Waals surface area contributed by atoms with Crippen LogP contribution in [0.25, 0.3) is 0 Å². The zero-order valence-corrected chi connectivity index (χ0v) is 17.6. The first-order chi connectivity index (χ1) is 14.6. The average molecular weight is 414 g/mol. The molecule has 1 aromatic heterocycles. The molecule has 0 bridgehead atoms. The number of aromatic nitrogens is 2. The molecule has 2 aliphatic rings. The maximum atomic E-state index is 13.2. The molecule has 4 rings (SSSR count). The van der Waals surface area contributed by atoms with Crippen LogP contribution in [0.3, 0.4) is 0 Å². The van der Waals surface area contributed by atoms with Gasteiger partial charge in [0.15, 0.2) is 0 Å². The van der Waals surface area contributed by atoms with E-state index in [4.69, 9.17) is 4.98 Å². The van der Waals surface area contributed by atoms with E-state index in [1.54, 1.807) is 12.1 Å². The SMILES string of the molecule is CN1CCC(c2cnc(Nc3ccc(F)cc3)nc2NCC2CCC(O)CC2)CC1. The second-order valence-corrected chi connectivity index (χ2v) is 8.76. The molecule has 2 aromatic rings. The number of nitrogens with zero attached hydrogens (tertiary/aromatic N) is 3. The van der Waals surface area contributed by atoms with Crippen molar-refractivity contribution in [3.63, 3.8) is 0 Å². The second-order valence-electron chi connectivity index (χ2n) is 8.76. The van der Waals surface area contributed by atoms with Gasteiger partial charge in [-0.25, -0.2) is 9.37 Å². The zero-order valence-electron chi connectivity index (χ0n) is 17.6. The topological polar surface area (TPSA) is 73.3 Å². The predicted octanol–water partition coefficient (Wildman–Crippen LogP) is 4.13. The third kappa shape index (κ3) is 5.46. The molecule has 162 valence electrons. The van der Waals surface area contributed by atoms with Gasteiger partial charge in [0.25, 0.3) is 0 Å². The lowest BCUT2D eigenvalue weighted by molar-refractivity contribution is 0.111. The largest absolute Gasteiger partial charge is 0.393 e. The predicted molar refractivity (Wildman–Crippen MR) is 118 cm³/mol. The van der Waals surface area contributed by atoms with Crippen molar-refractivity contribution in [1.29, 1.82) is 0 Å². The van der Waals surface area contributed by atoms with Gasteiger partial charge in [-0.3, -0.25) is 0 Å². The fraction of sp³-hybridized carbons (Fsp3) is 0.565. The summed E-state index contributed by atoms with van der Waals surface area (Å²) >= 11 is 0.